The van der Waals surface area contributed by atoms with Gasteiger partial charge < -0.3 is 9.88 Å². The van der Waals surface area contributed by atoms with Crippen LogP contribution in [0.2, 0.25) is 0 Å². The number of nitrogens with one attached hydrogen (secondary N) is 1. The first-order valence-corrected chi connectivity index (χ1v) is 8.08. The van der Waals surface area contributed by atoms with Crippen LogP contribution in [0.1, 0.15) is 35.7 Å². The van der Waals surface area contributed by atoms with Gasteiger partial charge in [0.2, 0.25) is 0 Å². The van der Waals surface area contributed by atoms with E-state index in [-0.39, 0.29) is 11.9 Å². The molecule has 0 saturated heterocycles. The molecule has 0 radical (unpaired) electrons. The number of hydrogen-bond acceptors (Lipinski definition) is 2. The fourth-order valence-electron chi connectivity index (χ4n) is 3.51. The maximum Gasteiger partial charge on any atom is 0.251 e. The maximum absolute atomic E-state index is 12.6. The molecule has 0 spiro atoms. The highest BCUT2D eigenvalue weighted by Crippen LogP contribution is 2.30. The van der Waals surface area contributed by atoms with Crippen molar-refractivity contribution in [3.8, 4) is 0 Å². The van der Waals surface area contributed by atoms with E-state index in [0.29, 0.717) is 6.04 Å². The summed E-state index contributed by atoms with van der Waals surface area (Å²) >= 11 is 0. The molecule has 1 aromatic heterocycles. The van der Waals surface area contributed by atoms with E-state index in [2.05, 4.69) is 20.9 Å². The molecule has 1 heterocycles. The molecular weight excluding hydrogens is 286 g/mol. The van der Waals surface area contributed by atoms with E-state index < -0.39 is 0 Å². The lowest BCUT2D eigenvalue weighted by atomic mass is 10.1. The second kappa shape index (κ2) is 5.88. The number of amides is 1. The van der Waals surface area contributed by atoms with E-state index >= 15 is 0 Å². The molecule has 0 aliphatic heterocycles. The van der Waals surface area contributed by atoms with E-state index in [0.717, 1.165) is 35.6 Å². The fraction of sp³-hybridized carbons (Fsp3) is 0.263. The molecule has 1 N–H and O–H groups in total. The van der Waals surface area contributed by atoms with Crippen LogP contribution in [0, 0.1) is 0 Å². The zero-order valence-corrected chi connectivity index (χ0v) is 12.9. The van der Waals surface area contributed by atoms with Crippen molar-refractivity contribution in [3.63, 3.8) is 0 Å². The Bertz CT molecular complexity index is 826. The Balaban J connectivity index is 1.54. The van der Waals surface area contributed by atoms with Crippen LogP contribution in [0.3, 0.4) is 0 Å². The van der Waals surface area contributed by atoms with Crippen LogP contribution in [0.25, 0.3) is 10.8 Å². The maximum atomic E-state index is 12.6. The molecule has 1 aliphatic rings. The first kappa shape index (κ1) is 14.0. The normalized spacial score (nSPS) is 20.7. The molecule has 1 fully saturated rings. The summed E-state index contributed by atoms with van der Waals surface area (Å²) in [6.45, 7) is 0. The molecular formula is C19H19N3O. The van der Waals surface area contributed by atoms with Crippen molar-refractivity contribution in [1.82, 2.24) is 14.9 Å². The van der Waals surface area contributed by atoms with Gasteiger partial charge >= 0.3 is 0 Å². The van der Waals surface area contributed by atoms with Gasteiger partial charge in [-0.2, -0.15) is 0 Å². The van der Waals surface area contributed by atoms with Crippen LogP contribution < -0.4 is 5.32 Å². The van der Waals surface area contributed by atoms with E-state index in [1.807, 2.05) is 48.9 Å². The Morgan fingerprint density at radius 2 is 2.00 bits per heavy atom. The number of aromatic nitrogens is 2. The van der Waals surface area contributed by atoms with E-state index in [1.54, 1.807) is 6.20 Å². The first-order chi connectivity index (χ1) is 11.3. The quantitative estimate of drug-likeness (QED) is 0.804. The molecule has 1 amide bonds. The number of hydrogen-bond donors (Lipinski definition) is 1. The summed E-state index contributed by atoms with van der Waals surface area (Å²) in [5, 5.41) is 5.46. The van der Waals surface area contributed by atoms with Crippen molar-refractivity contribution >= 4 is 16.7 Å². The second-order valence-electron chi connectivity index (χ2n) is 6.15. The molecule has 2 aromatic carbocycles. The third kappa shape index (κ3) is 2.72. The molecule has 0 unspecified atom stereocenters. The zero-order valence-electron chi connectivity index (χ0n) is 12.9. The molecule has 1 aliphatic carbocycles. The minimum Gasteiger partial charge on any atom is -0.347 e. The Morgan fingerprint density at radius 3 is 2.83 bits per heavy atom. The summed E-state index contributed by atoms with van der Waals surface area (Å²) < 4.78 is 2.11. The van der Waals surface area contributed by atoms with Crippen LogP contribution in [0.15, 0.2) is 61.2 Å². The van der Waals surface area contributed by atoms with Gasteiger partial charge in [-0.1, -0.05) is 30.3 Å². The van der Waals surface area contributed by atoms with Crippen molar-refractivity contribution in [3.05, 3.63) is 66.7 Å². The van der Waals surface area contributed by atoms with Crippen LogP contribution in [-0.2, 0) is 0 Å². The van der Waals surface area contributed by atoms with Gasteiger partial charge in [0, 0.05) is 24.0 Å². The van der Waals surface area contributed by atoms with Gasteiger partial charge in [-0.3, -0.25) is 4.79 Å². The zero-order chi connectivity index (χ0) is 15.6. The highest BCUT2D eigenvalue weighted by molar-refractivity contribution is 5.98. The summed E-state index contributed by atoms with van der Waals surface area (Å²) in [5.74, 6) is 0.00719. The summed E-state index contributed by atoms with van der Waals surface area (Å²) in [6, 6.07) is 14.5. The molecule has 116 valence electrons. The second-order valence-corrected chi connectivity index (χ2v) is 6.15. The lowest BCUT2D eigenvalue weighted by Gasteiger charge is -2.22. The van der Waals surface area contributed by atoms with E-state index in [9.17, 15) is 4.79 Å². The molecule has 3 aromatic rings. The molecule has 0 bridgehead atoms. The largest absolute Gasteiger partial charge is 0.347 e. The molecule has 4 heteroatoms. The number of nitrogens with zero attached hydrogens (tertiary/aromatic N) is 2. The predicted octanol–water partition coefficient (Wildman–Crippen LogP) is 3.56. The van der Waals surface area contributed by atoms with Gasteiger partial charge in [-0.05, 0) is 42.2 Å². The van der Waals surface area contributed by atoms with Crippen LogP contribution in [0.4, 0.5) is 0 Å². The fourth-order valence-corrected chi connectivity index (χ4v) is 3.51. The van der Waals surface area contributed by atoms with Crippen molar-refractivity contribution in [1.29, 1.82) is 0 Å². The third-order valence-electron chi connectivity index (χ3n) is 4.72. The highest BCUT2D eigenvalue weighted by Gasteiger charge is 2.29. The van der Waals surface area contributed by atoms with Crippen LogP contribution in [0.5, 0.6) is 0 Å². The van der Waals surface area contributed by atoms with Gasteiger partial charge in [0.25, 0.3) is 5.91 Å². The Labute approximate surface area is 135 Å². The molecule has 23 heavy (non-hydrogen) atoms. The number of carbonyl (C=O) groups is 1. The van der Waals surface area contributed by atoms with Gasteiger partial charge in [0.05, 0.1) is 12.4 Å². The number of rotatable bonds is 3. The van der Waals surface area contributed by atoms with Gasteiger partial charge in [0.1, 0.15) is 0 Å². The van der Waals surface area contributed by atoms with Crippen molar-refractivity contribution < 1.29 is 4.79 Å². The van der Waals surface area contributed by atoms with E-state index in [4.69, 9.17) is 0 Å². The number of carbonyl (C=O) groups excluding carboxylic acids is 1. The summed E-state index contributed by atoms with van der Waals surface area (Å²) in [5.41, 5.74) is 0.722. The monoisotopic (exact) mass is 305 g/mol. The summed E-state index contributed by atoms with van der Waals surface area (Å²) in [6.07, 6.45) is 8.84. The third-order valence-corrected chi connectivity index (χ3v) is 4.72. The van der Waals surface area contributed by atoms with Crippen molar-refractivity contribution in [2.45, 2.75) is 31.3 Å². The topological polar surface area (TPSA) is 46.9 Å². The van der Waals surface area contributed by atoms with Gasteiger partial charge in [-0.15, -0.1) is 0 Å². The van der Waals surface area contributed by atoms with Crippen LogP contribution in [-0.4, -0.2) is 21.5 Å². The lowest BCUT2D eigenvalue weighted by Crippen LogP contribution is -2.38. The highest BCUT2D eigenvalue weighted by atomic mass is 16.1. The van der Waals surface area contributed by atoms with E-state index in [1.165, 1.54) is 0 Å². The average Bonchev–Trinajstić information content (AvgIpc) is 3.25. The molecule has 1 saturated carbocycles. The lowest BCUT2D eigenvalue weighted by molar-refractivity contribution is 0.0929. The summed E-state index contributed by atoms with van der Waals surface area (Å²) in [7, 11) is 0. The minimum atomic E-state index is 0.00719. The SMILES string of the molecule is O=C(N[C@@H]1CCC[C@H]1n1ccnc1)c1ccc2ccccc2c1. The van der Waals surface area contributed by atoms with Gasteiger partial charge in [0.15, 0.2) is 0 Å². The molecule has 2 atom stereocenters. The van der Waals surface area contributed by atoms with Crippen LogP contribution >= 0.6 is 0 Å². The van der Waals surface area contributed by atoms with Crippen molar-refractivity contribution in [2.75, 3.05) is 0 Å². The Morgan fingerprint density at radius 1 is 1.13 bits per heavy atom. The Kier molecular flexibility index (Phi) is 3.58. The molecule has 4 rings (SSSR count). The number of fused-ring (bicyclic) bond motifs is 1. The van der Waals surface area contributed by atoms with Gasteiger partial charge in [-0.25, -0.2) is 4.98 Å². The predicted molar refractivity (Wildman–Crippen MR) is 90.3 cm³/mol. The smallest absolute Gasteiger partial charge is 0.251 e. The summed E-state index contributed by atoms with van der Waals surface area (Å²) in [4.78, 5) is 16.7. The minimum absolute atomic E-state index is 0.00719. The first-order valence-electron chi connectivity index (χ1n) is 8.08. The average molecular weight is 305 g/mol. The number of imidazole rings is 1. The Hall–Kier alpha value is -2.62. The van der Waals surface area contributed by atoms with Crippen molar-refractivity contribution in [2.24, 2.45) is 0 Å². The standard InChI is InChI=1S/C19H19N3O/c23-19(16-9-8-14-4-1-2-5-15(14)12-16)21-17-6-3-7-18(17)22-11-10-20-13-22/h1-2,4-5,8-13,17-18H,3,6-7H2,(H,21,23)/t17-,18-/m1/s1. The number of benzene rings is 2. The molecule has 4 nitrogen and oxygen atoms in total.